The SMILES string of the molecule is Cc1cc(C)c(C2CN=C(N)N2C)cc1C. The summed E-state index contributed by atoms with van der Waals surface area (Å²) in [5.74, 6) is 0.641. The maximum atomic E-state index is 5.80. The van der Waals surface area contributed by atoms with Gasteiger partial charge in [-0.05, 0) is 43.0 Å². The highest BCUT2D eigenvalue weighted by Gasteiger charge is 2.25. The monoisotopic (exact) mass is 217 g/mol. The van der Waals surface area contributed by atoms with Gasteiger partial charge >= 0.3 is 0 Å². The van der Waals surface area contributed by atoms with Gasteiger partial charge in [-0.15, -0.1) is 0 Å². The third-order valence-electron chi connectivity index (χ3n) is 3.50. The first-order chi connectivity index (χ1) is 7.50. The van der Waals surface area contributed by atoms with Gasteiger partial charge in [0.05, 0.1) is 12.6 Å². The van der Waals surface area contributed by atoms with Gasteiger partial charge in [-0.25, -0.2) is 0 Å². The van der Waals surface area contributed by atoms with Crippen LogP contribution in [0.1, 0.15) is 28.3 Å². The summed E-state index contributed by atoms with van der Waals surface area (Å²) in [4.78, 5) is 6.34. The molecular formula is C13H19N3. The van der Waals surface area contributed by atoms with Gasteiger partial charge in [-0.1, -0.05) is 12.1 Å². The van der Waals surface area contributed by atoms with Crippen molar-refractivity contribution >= 4 is 5.96 Å². The quantitative estimate of drug-likeness (QED) is 0.780. The van der Waals surface area contributed by atoms with Crippen molar-refractivity contribution in [2.24, 2.45) is 10.7 Å². The lowest BCUT2D eigenvalue weighted by atomic mass is 9.95. The Bertz CT molecular complexity index is 449. The van der Waals surface area contributed by atoms with Crippen LogP contribution in [-0.4, -0.2) is 24.5 Å². The van der Waals surface area contributed by atoms with Crippen LogP contribution in [0.3, 0.4) is 0 Å². The molecule has 0 saturated carbocycles. The van der Waals surface area contributed by atoms with E-state index in [9.17, 15) is 0 Å². The van der Waals surface area contributed by atoms with Gasteiger partial charge in [0.25, 0.3) is 0 Å². The molecule has 2 N–H and O–H groups in total. The lowest BCUT2D eigenvalue weighted by Gasteiger charge is -2.24. The lowest BCUT2D eigenvalue weighted by molar-refractivity contribution is 0.412. The summed E-state index contributed by atoms with van der Waals surface area (Å²) >= 11 is 0. The van der Waals surface area contributed by atoms with Crippen molar-refractivity contribution in [3.63, 3.8) is 0 Å². The minimum Gasteiger partial charge on any atom is -0.370 e. The van der Waals surface area contributed by atoms with Crippen molar-refractivity contribution in [1.29, 1.82) is 0 Å². The molecule has 0 fully saturated rings. The van der Waals surface area contributed by atoms with E-state index in [1.165, 1.54) is 22.3 Å². The van der Waals surface area contributed by atoms with Crippen molar-refractivity contribution in [1.82, 2.24) is 4.90 Å². The molecule has 3 heteroatoms. The molecule has 3 nitrogen and oxygen atoms in total. The van der Waals surface area contributed by atoms with E-state index >= 15 is 0 Å². The molecule has 1 aromatic carbocycles. The molecule has 0 radical (unpaired) electrons. The average Bonchev–Trinajstić information content (AvgIpc) is 2.54. The molecule has 0 spiro atoms. The Morgan fingerprint density at radius 3 is 2.38 bits per heavy atom. The number of aryl methyl sites for hydroxylation is 3. The van der Waals surface area contributed by atoms with Crippen LogP contribution >= 0.6 is 0 Å². The first-order valence-corrected chi connectivity index (χ1v) is 5.61. The van der Waals surface area contributed by atoms with Gasteiger partial charge in [0.2, 0.25) is 0 Å². The number of nitrogens with zero attached hydrogens (tertiary/aromatic N) is 2. The molecule has 1 heterocycles. The Hall–Kier alpha value is -1.51. The number of benzene rings is 1. The van der Waals surface area contributed by atoms with Crippen LogP contribution in [0.2, 0.25) is 0 Å². The van der Waals surface area contributed by atoms with Crippen LogP contribution in [-0.2, 0) is 0 Å². The molecule has 1 aliphatic rings. The normalized spacial score (nSPS) is 20.1. The first kappa shape index (κ1) is 11.0. The van der Waals surface area contributed by atoms with Crippen LogP contribution in [0.25, 0.3) is 0 Å². The van der Waals surface area contributed by atoms with Gasteiger partial charge in [0.1, 0.15) is 0 Å². The van der Waals surface area contributed by atoms with Crippen LogP contribution < -0.4 is 5.73 Å². The third-order valence-corrected chi connectivity index (χ3v) is 3.50. The molecule has 16 heavy (non-hydrogen) atoms. The van der Waals surface area contributed by atoms with Gasteiger partial charge in [-0.3, -0.25) is 4.99 Å². The van der Waals surface area contributed by atoms with E-state index in [2.05, 4.69) is 42.8 Å². The summed E-state index contributed by atoms with van der Waals surface area (Å²) in [5, 5.41) is 0. The summed E-state index contributed by atoms with van der Waals surface area (Å²) in [6, 6.07) is 4.81. The van der Waals surface area contributed by atoms with Crippen LogP contribution in [0, 0.1) is 20.8 Å². The summed E-state index contributed by atoms with van der Waals surface area (Å²) in [6.07, 6.45) is 0. The Labute approximate surface area is 97.0 Å². The maximum Gasteiger partial charge on any atom is 0.191 e. The number of aliphatic imine (C=N–C) groups is 1. The first-order valence-electron chi connectivity index (χ1n) is 5.61. The Morgan fingerprint density at radius 2 is 1.81 bits per heavy atom. The molecule has 2 rings (SSSR count). The van der Waals surface area contributed by atoms with Crippen LogP contribution in [0.5, 0.6) is 0 Å². The maximum absolute atomic E-state index is 5.80. The predicted octanol–water partition coefficient (Wildman–Crippen LogP) is 1.91. The van der Waals surface area contributed by atoms with E-state index < -0.39 is 0 Å². The number of nitrogens with two attached hydrogens (primary N) is 1. The number of likely N-dealkylation sites (N-methyl/N-ethyl adjacent to an activating group) is 1. The molecule has 1 unspecified atom stereocenters. The predicted molar refractivity (Wildman–Crippen MR) is 67.6 cm³/mol. The number of guanidine groups is 1. The highest BCUT2D eigenvalue weighted by atomic mass is 15.3. The molecule has 0 bridgehead atoms. The lowest BCUT2D eigenvalue weighted by Crippen LogP contribution is -2.32. The molecule has 1 atom stereocenters. The van der Waals surface area contributed by atoms with Gasteiger partial charge in [0.15, 0.2) is 5.96 Å². The Morgan fingerprint density at radius 1 is 1.19 bits per heavy atom. The highest BCUT2D eigenvalue weighted by molar-refractivity contribution is 5.80. The molecule has 86 valence electrons. The zero-order valence-electron chi connectivity index (χ0n) is 10.4. The highest BCUT2D eigenvalue weighted by Crippen LogP contribution is 2.28. The molecule has 0 saturated heterocycles. The third kappa shape index (κ3) is 1.66. The standard InChI is InChI=1S/C13H19N3/c1-8-5-10(3)11(6-9(8)2)12-7-15-13(14)16(12)4/h5-6,12H,7H2,1-4H3,(H2,14,15). The van der Waals surface area contributed by atoms with E-state index in [1.54, 1.807) is 0 Å². The molecule has 0 amide bonds. The van der Waals surface area contributed by atoms with Gasteiger partial charge < -0.3 is 10.6 Å². The largest absolute Gasteiger partial charge is 0.370 e. The van der Waals surface area contributed by atoms with Crippen molar-refractivity contribution < 1.29 is 0 Å². The fraction of sp³-hybridized carbons (Fsp3) is 0.462. The second kappa shape index (κ2) is 3.81. The van der Waals surface area contributed by atoms with Crippen molar-refractivity contribution in [2.75, 3.05) is 13.6 Å². The van der Waals surface area contributed by atoms with Crippen molar-refractivity contribution in [2.45, 2.75) is 26.8 Å². The zero-order valence-corrected chi connectivity index (χ0v) is 10.4. The molecule has 0 aliphatic carbocycles. The van der Waals surface area contributed by atoms with Crippen molar-refractivity contribution in [3.05, 3.63) is 34.4 Å². The van der Waals surface area contributed by atoms with E-state index in [1.807, 2.05) is 7.05 Å². The van der Waals surface area contributed by atoms with Gasteiger partial charge in [-0.2, -0.15) is 0 Å². The Kier molecular flexibility index (Phi) is 2.62. The second-order valence-corrected chi connectivity index (χ2v) is 4.62. The topological polar surface area (TPSA) is 41.6 Å². The molecule has 0 aromatic heterocycles. The summed E-state index contributed by atoms with van der Waals surface area (Å²) in [5.41, 5.74) is 11.1. The number of hydrogen-bond acceptors (Lipinski definition) is 3. The fourth-order valence-corrected chi connectivity index (χ4v) is 2.22. The minimum absolute atomic E-state index is 0.305. The fourth-order valence-electron chi connectivity index (χ4n) is 2.22. The average molecular weight is 217 g/mol. The van der Waals surface area contributed by atoms with Crippen molar-refractivity contribution in [3.8, 4) is 0 Å². The molecule has 1 aromatic rings. The van der Waals surface area contributed by atoms with Crippen LogP contribution in [0.15, 0.2) is 17.1 Å². The van der Waals surface area contributed by atoms with E-state index in [-0.39, 0.29) is 0 Å². The summed E-state index contributed by atoms with van der Waals surface area (Å²) < 4.78 is 0. The zero-order chi connectivity index (χ0) is 11.9. The van der Waals surface area contributed by atoms with Gasteiger partial charge in [0, 0.05) is 7.05 Å². The second-order valence-electron chi connectivity index (χ2n) is 4.62. The number of hydrogen-bond donors (Lipinski definition) is 1. The van der Waals surface area contributed by atoms with E-state index in [0.29, 0.717) is 12.0 Å². The van der Waals surface area contributed by atoms with E-state index in [0.717, 1.165) is 6.54 Å². The summed E-state index contributed by atoms with van der Waals surface area (Å²) in [7, 11) is 2.01. The van der Waals surface area contributed by atoms with E-state index in [4.69, 9.17) is 5.73 Å². The smallest absolute Gasteiger partial charge is 0.191 e. The minimum atomic E-state index is 0.305. The molecule has 1 aliphatic heterocycles. The number of rotatable bonds is 1. The Balaban J connectivity index is 2.39. The van der Waals surface area contributed by atoms with Crippen LogP contribution in [0.4, 0.5) is 0 Å². The summed E-state index contributed by atoms with van der Waals surface area (Å²) in [6.45, 7) is 7.22. The molecular weight excluding hydrogens is 198 g/mol.